The molecule has 0 aliphatic carbocycles. The van der Waals surface area contributed by atoms with E-state index in [1.807, 2.05) is 0 Å². The van der Waals surface area contributed by atoms with E-state index in [1.165, 1.54) is 37.1 Å². The van der Waals surface area contributed by atoms with Crippen LogP contribution in [0.3, 0.4) is 0 Å². The summed E-state index contributed by atoms with van der Waals surface area (Å²) in [6.07, 6.45) is -2.86. The molecule has 292 valence electrons. The molecule has 2 saturated heterocycles. The summed E-state index contributed by atoms with van der Waals surface area (Å²) in [6, 6.07) is 8.36. The number of nitrogens with zero attached hydrogens (tertiary/aromatic N) is 2. The molecule has 0 spiro atoms. The van der Waals surface area contributed by atoms with Crippen LogP contribution >= 0.6 is 0 Å². The molecule has 4 heterocycles. The van der Waals surface area contributed by atoms with Crippen molar-refractivity contribution in [1.82, 2.24) is 9.13 Å². The van der Waals surface area contributed by atoms with Crippen LogP contribution in [-0.2, 0) is 65.6 Å². The lowest BCUT2D eigenvalue weighted by Gasteiger charge is -2.34. The van der Waals surface area contributed by atoms with Crippen molar-refractivity contribution in [3.8, 4) is 5.75 Å². The molecule has 2 N–H and O–H groups in total. The number of hydrogen-bond donors (Lipinski definition) is 1. The van der Waals surface area contributed by atoms with Gasteiger partial charge in [-0.2, -0.15) is 0 Å². The number of amides is 1. The van der Waals surface area contributed by atoms with Crippen molar-refractivity contribution in [3.05, 3.63) is 74.8 Å². The van der Waals surface area contributed by atoms with Crippen molar-refractivity contribution in [2.45, 2.75) is 115 Å². The molecule has 0 radical (unpaired) electrons. The van der Waals surface area contributed by atoms with Gasteiger partial charge in [0.05, 0.1) is 20.8 Å². The minimum atomic E-state index is -1.58. The molecule has 3 aliphatic heterocycles. The van der Waals surface area contributed by atoms with Gasteiger partial charge in [-0.3, -0.25) is 14.2 Å². The highest BCUT2D eigenvalue weighted by Gasteiger charge is 2.56. The second-order valence-corrected chi connectivity index (χ2v) is 13.2. The molecule has 0 bridgehead atoms. The Morgan fingerprint density at radius 3 is 2.42 bits per heavy atom. The van der Waals surface area contributed by atoms with Crippen LogP contribution < -0.4 is 21.7 Å². The molecule has 8 atom stereocenters. The van der Waals surface area contributed by atoms with Gasteiger partial charge in [-0.15, -0.1) is 0 Å². The minimum absolute atomic E-state index is 0.115. The molecule has 2 fully saturated rings. The normalized spacial score (nSPS) is 26.7. The number of rotatable bonds is 18. The van der Waals surface area contributed by atoms with Crippen molar-refractivity contribution in [3.63, 3.8) is 0 Å². The molecule has 1 aromatic carbocycles. The van der Waals surface area contributed by atoms with Gasteiger partial charge in [0.1, 0.15) is 36.9 Å². The number of hydrogen-bond acceptors (Lipinski definition) is 14. The molecule has 5 rings (SSSR count). The third kappa shape index (κ3) is 9.35. The Kier molecular flexibility index (Phi) is 13.5. The zero-order valence-corrected chi connectivity index (χ0v) is 30.8. The summed E-state index contributed by atoms with van der Waals surface area (Å²) in [4.78, 5) is 52.5. The summed E-state index contributed by atoms with van der Waals surface area (Å²) < 4.78 is 60.5. The van der Waals surface area contributed by atoms with E-state index >= 15 is 0 Å². The van der Waals surface area contributed by atoms with E-state index in [4.69, 9.17) is 53.1 Å². The largest absolute Gasteiger partial charge is 0.497 e. The highest BCUT2D eigenvalue weighted by atomic mass is 16.8. The monoisotopic (exact) mass is 747 g/mol. The fourth-order valence-corrected chi connectivity index (χ4v) is 6.46. The average molecular weight is 748 g/mol. The highest BCUT2D eigenvalue weighted by molar-refractivity contribution is 5.86. The van der Waals surface area contributed by atoms with Crippen LogP contribution in [-0.4, -0.2) is 97.6 Å². The van der Waals surface area contributed by atoms with E-state index in [0.29, 0.717) is 12.2 Å². The predicted octanol–water partition coefficient (Wildman–Crippen LogP) is 1.87. The number of methoxy groups -OCH3 is 3. The molecule has 3 aliphatic rings. The third-order valence-corrected chi connectivity index (χ3v) is 9.06. The van der Waals surface area contributed by atoms with Gasteiger partial charge < -0.3 is 53.1 Å². The first kappa shape index (κ1) is 40.1. The van der Waals surface area contributed by atoms with Gasteiger partial charge in [0, 0.05) is 26.0 Å². The first-order valence-electron chi connectivity index (χ1n) is 17.5. The highest BCUT2D eigenvalue weighted by Crippen LogP contribution is 2.39. The first-order valence-corrected chi connectivity index (χ1v) is 17.5. The Balaban J connectivity index is 1.43. The second kappa shape index (κ2) is 17.8. The lowest BCUT2D eigenvalue weighted by molar-refractivity contribution is -0.242. The topological polar surface area (TPSA) is 196 Å². The molecule has 2 aromatic rings. The number of ether oxygens (including phenoxy) is 10. The summed E-state index contributed by atoms with van der Waals surface area (Å²) in [5, 5.41) is 0. The summed E-state index contributed by atoms with van der Waals surface area (Å²) in [5.74, 6) is -2.39. The van der Waals surface area contributed by atoms with Crippen LogP contribution in [0.15, 0.2) is 58.0 Å². The first-order chi connectivity index (χ1) is 25.4. The van der Waals surface area contributed by atoms with Crippen LogP contribution in [0.25, 0.3) is 0 Å². The number of carbonyl (C=O) groups is 2. The van der Waals surface area contributed by atoms with Crippen molar-refractivity contribution >= 4 is 11.9 Å². The summed E-state index contributed by atoms with van der Waals surface area (Å²) in [5.41, 5.74) is 5.37. The van der Waals surface area contributed by atoms with Crippen LogP contribution in [0.4, 0.5) is 0 Å². The minimum Gasteiger partial charge on any atom is -0.497 e. The number of nitrogens with two attached hydrogens (primary N) is 1. The van der Waals surface area contributed by atoms with Gasteiger partial charge in [-0.1, -0.05) is 38.3 Å². The Morgan fingerprint density at radius 1 is 1.00 bits per heavy atom. The second-order valence-electron chi connectivity index (χ2n) is 13.2. The maximum absolute atomic E-state index is 13.9. The number of fused-ring (bicyclic) bond motifs is 1. The van der Waals surface area contributed by atoms with Gasteiger partial charge in [0.2, 0.25) is 18.0 Å². The summed E-state index contributed by atoms with van der Waals surface area (Å²) in [7, 11) is 4.15. The van der Waals surface area contributed by atoms with E-state index in [1.54, 1.807) is 45.2 Å². The average Bonchev–Trinajstić information content (AvgIpc) is 3.66. The lowest BCUT2D eigenvalue weighted by Crippen LogP contribution is -2.53. The van der Waals surface area contributed by atoms with E-state index < -0.39 is 78.1 Å². The molecule has 0 saturated carbocycles. The molecular weight excluding hydrogens is 698 g/mol. The molecule has 17 heteroatoms. The SMILES string of the molecule is CCCCCCO[C@@H]1[C@H](OC)[C@@H](C(O[C@H]2OC(C(=O)OC)=C[C@@H]3OC(C)(C)O[C@H]23)C(N)=O)O[C@H]1n1ccc(=O)n(COCc2ccc(OC)cc2)c1=O. The van der Waals surface area contributed by atoms with E-state index in [9.17, 15) is 19.2 Å². The predicted molar refractivity (Wildman–Crippen MR) is 184 cm³/mol. The Morgan fingerprint density at radius 2 is 1.75 bits per heavy atom. The van der Waals surface area contributed by atoms with Crippen LogP contribution in [0.1, 0.15) is 58.2 Å². The maximum Gasteiger partial charge on any atom is 0.373 e. The van der Waals surface area contributed by atoms with Gasteiger partial charge in [-0.25, -0.2) is 14.2 Å². The maximum atomic E-state index is 13.9. The molecule has 1 aromatic heterocycles. The van der Waals surface area contributed by atoms with Crippen LogP contribution in [0.2, 0.25) is 0 Å². The summed E-state index contributed by atoms with van der Waals surface area (Å²) >= 11 is 0. The van der Waals surface area contributed by atoms with Crippen molar-refractivity contribution < 1.29 is 57.0 Å². The smallest absolute Gasteiger partial charge is 0.373 e. The van der Waals surface area contributed by atoms with E-state index in [2.05, 4.69) is 6.92 Å². The standard InChI is InChI=1S/C36H49N3O14/c1-7-8-9-10-17-48-30-27(45-5)28(29(31(37)41)51-34-26-23(52-36(2,3)53-26)18-24(49-34)33(42)46-6)50-32(30)38-16-15-25(40)39(35(38)43)20-47-19-21-11-13-22(44-4)14-12-21/h11-16,18,23,26-30,32,34H,7-10,17,19-20H2,1-6H3,(H2,37,41)/t23-,26-,27+,28-,29?,30+,32+,34+/m0/s1. The number of unbranched alkanes of at least 4 members (excludes halogenated alkanes) is 3. The quantitative estimate of drug-likeness (QED) is 0.171. The van der Waals surface area contributed by atoms with Gasteiger partial charge in [0.25, 0.3) is 5.56 Å². The number of aromatic nitrogens is 2. The van der Waals surface area contributed by atoms with Crippen molar-refractivity contribution in [1.29, 1.82) is 0 Å². The third-order valence-electron chi connectivity index (χ3n) is 9.06. The Hall–Kier alpha value is -4.10. The molecule has 1 unspecified atom stereocenters. The number of primary amides is 1. The van der Waals surface area contributed by atoms with Crippen molar-refractivity contribution in [2.75, 3.05) is 27.9 Å². The zero-order chi connectivity index (χ0) is 38.3. The fourth-order valence-electron chi connectivity index (χ4n) is 6.46. The summed E-state index contributed by atoms with van der Waals surface area (Å²) in [6.45, 7) is 5.47. The Bertz CT molecular complexity index is 1710. The molecule has 1 amide bonds. The van der Waals surface area contributed by atoms with Crippen LogP contribution in [0, 0.1) is 0 Å². The molecular formula is C36H49N3O14. The lowest BCUT2D eigenvalue weighted by atomic mass is 10.0. The number of carbonyl (C=O) groups excluding carboxylic acids is 2. The van der Waals surface area contributed by atoms with E-state index in [-0.39, 0.29) is 25.7 Å². The van der Waals surface area contributed by atoms with Gasteiger partial charge in [-0.05, 0) is 44.0 Å². The van der Waals surface area contributed by atoms with Gasteiger partial charge >= 0.3 is 11.7 Å². The van der Waals surface area contributed by atoms with Gasteiger partial charge in [0.15, 0.2) is 24.2 Å². The molecule has 53 heavy (non-hydrogen) atoms. The zero-order valence-electron chi connectivity index (χ0n) is 30.8. The van der Waals surface area contributed by atoms with E-state index in [0.717, 1.165) is 29.4 Å². The van der Waals surface area contributed by atoms with Crippen LogP contribution in [0.5, 0.6) is 5.75 Å². The molecule has 17 nitrogen and oxygen atoms in total. The fraction of sp³-hybridized carbons (Fsp3) is 0.611. The Labute approximate surface area is 306 Å². The number of esters is 1. The number of benzene rings is 1. The van der Waals surface area contributed by atoms with Crippen molar-refractivity contribution in [2.24, 2.45) is 5.73 Å².